The summed E-state index contributed by atoms with van der Waals surface area (Å²) >= 11 is 11.7. The van der Waals surface area contributed by atoms with Crippen molar-refractivity contribution in [2.45, 2.75) is 18.9 Å². The van der Waals surface area contributed by atoms with Crippen molar-refractivity contribution in [3.05, 3.63) is 93.7 Å². The van der Waals surface area contributed by atoms with Gasteiger partial charge in [0.1, 0.15) is 17.5 Å². The van der Waals surface area contributed by atoms with Gasteiger partial charge >= 0.3 is 11.9 Å². The summed E-state index contributed by atoms with van der Waals surface area (Å²) in [6.07, 6.45) is 1.49. The number of ketones is 1. The van der Waals surface area contributed by atoms with Gasteiger partial charge in [-0.25, -0.2) is 4.98 Å². The standard InChI is InChI=1S/C26H23Cl2NO6/c1-33-25(31)24(26(32)34-2)21(13-22(30)18-4-8-19(27)9-5-18)17-6-10-20(11-7-17)35-15-16-3-12-23(28)29-14-16/h3-12,14,21,24H,13,15H2,1-2H3. The zero-order valence-electron chi connectivity index (χ0n) is 19.1. The summed E-state index contributed by atoms with van der Waals surface area (Å²) in [5.74, 6) is -3.44. The van der Waals surface area contributed by atoms with Crippen LogP contribution < -0.4 is 4.74 Å². The number of hydrogen-bond acceptors (Lipinski definition) is 7. The van der Waals surface area contributed by atoms with E-state index < -0.39 is 23.8 Å². The predicted molar refractivity (Wildman–Crippen MR) is 131 cm³/mol. The summed E-state index contributed by atoms with van der Waals surface area (Å²) in [6, 6.07) is 16.7. The van der Waals surface area contributed by atoms with Crippen LogP contribution >= 0.6 is 23.2 Å². The SMILES string of the molecule is COC(=O)C(C(=O)OC)C(CC(=O)c1ccc(Cl)cc1)c1ccc(OCc2ccc(Cl)nc2)cc1. The number of esters is 2. The quantitative estimate of drug-likeness (QED) is 0.157. The summed E-state index contributed by atoms with van der Waals surface area (Å²) in [7, 11) is 2.36. The summed E-state index contributed by atoms with van der Waals surface area (Å²) in [5.41, 5.74) is 1.82. The Morgan fingerprint density at radius 2 is 1.49 bits per heavy atom. The lowest BCUT2D eigenvalue weighted by molar-refractivity contribution is -0.159. The smallest absolute Gasteiger partial charge is 0.320 e. The van der Waals surface area contributed by atoms with Crippen LogP contribution in [-0.4, -0.2) is 36.9 Å². The molecule has 0 aliphatic rings. The van der Waals surface area contributed by atoms with E-state index in [1.54, 1.807) is 66.9 Å². The maximum absolute atomic E-state index is 13.0. The average Bonchev–Trinajstić information content (AvgIpc) is 2.88. The third kappa shape index (κ3) is 7.04. The molecule has 0 fully saturated rings. The fourth-order valence-corrected chi connectivity index (χ4v) is 3.77. The number of carbonyl (C=O) groups is 3. The van der Waals surface area contributed by atoms with Crippen LogP contribution in [0.2, 0.25) is 10.2 Å². The first kappa shape index (κ1) is 26.2. The van der Waals surface area contributed by atoms with Gasteiger partial charge in [0, 0.05) is 34.7 Å². The van der Waals surface area contributed by atoms with E-state index in [4.69, 9.17) is 37.4 Å². The number of pyridine rings is 1. The van der Waals surface area contributed by atoms with Crippen LogP contribution in [-0.2, 0) is 25.7 Å². The number of hydrogen-bond donors (Lipinski definition) is 0. The first-order valence-electron chi connectivity index (χ1n) is 10.6. The van der Waals surface area contributed by atoms with E-state index in [1.807, 2.05) is 0 Å². The molecule has 182 valence electrons. The van der Waals surface area contributed by atoms with Gasteiger partial charge in [0.25, 0.3) is 0 Å². The fraction of sp³-hybridized carbons (Fsp3) is 0.231. The molecule has 0 amide bonds. The number of ether oxygens (including phenoxy) is 3. The average molecular weight is 516 g/mol. The van der Waals surface area contributed by atoms with Gasteiger partial charge in [-0.15, -0.1) is 0 Å². The summed E-state index contributed by atoms with van der Waals surface area (Å²) in [4.78, 5) is 42.1. The van der Waals surface area contributed by atoms with Gasteiger partial charge in [-0.05, 0) is 48.0 Å². The Balaban J connectivity index is 1.85. The molecule has 1 heterocycles. The number of rotatable bonds is 10. The molecule has 0 spiro atoms. The maximum Gasteiger partial charge on any atom is 0.320 e. The molecular weight excluding hydrogens is 493 g/mol. The minimum atomic E-state index is -1.33. The van der Waals surface area contributed by atoms with E-state index in [0.29, 0.717) is 27.1 Å². The molecule has 1 aromatic heterocycles. The van der Waals surface area contributed by atoms with Crippen molar-refractivity contribution in [2.24, 2.45) is 5.92 Å². The molecule has 0 bridgehead atoms. The van der Waals surface area contributed by atoms with Crippen LogP contribution in [0.4, 0.5) is 0 Å². The predicted octanol–water partition coefficient (Wildman–Crippen LogP) is 5.29. The van der Waals surface area contributed by atoms with Crippen LogP contribution in [0.3, 0.4) is 0 Å². The van der Waals surface area contributed by atoms with Crippen molar-refractivity contribution in [3.63, 3.8) is 0 Å². The van der Waals surface area contributed by atoms with E-state index >= 15 is 0 Å². The van der Waals surface area contributed by atoms with Crippen LogP contribution in [0, 0.1) is 5.92 Å². The van der Waals surface area contributed by atoms with Crippen LogP contribution in [0.5, 0.6) is 5.75 Å². The second-order valence-corrected chi connectivity index (χ2v) is 8.44. The zero-order valence-corrected chi connectivity index (χ0v) is 20.6. The lowest BCUT2D eigenvalue weighted by atomic mass is 9.81. The number of nitrogens with zero attached hydrogens (tertiary/aromatic N) is 1. The maximum atomic E-state index is 13.0. The Bertz CT molecular complexity index is 1150. The molecule has 0 N–H and O–H groups in total. The number of halogens is 2. The van der Waals surface area contributed by atoms with Gasteiger partial charge in [0.15, 0.2) is 11.7 Å². The number of Topliss-reactive ketones (excluding diaryl/α,β-unsaturated/α-hetero) is 1. The van der Waals surface area contributed by atoms with E-state index in [1.165, 1.54) is 14.2 Å². The minimum Gasteiger partial charge on any atom is -0.489 e. The Morgan fingerprint density at radius 1 is 0.857 bits per heavy atom. The molecule has 3 rings (SSSR count). The molecule has 1 atom stereocenters. The van der Waals surface area contributed by atoms with E-state index in [-0.39, 0.29) is 18.8 Å². The summed E-state index contributed by atoms with van der Waals surface area (Å²) in [5, 5.41) is 0.883. The topological polar surface area (TPSA) is 91.8 Å². The Hall–Kier alpha value is -3.42. The highest BCUT2D eigenvalue weighted by atomic mass is 35.5. The molecular formula is C26H23Cl2NO6. The summed E-state index contributed by atoms with van der Waals surface area (Å²) in [6.45, 7) is 0.273. The normalized spacial score (nSPS) is 11.6. The van der Waals surface area contributed by atoms with Crippen molar-refractivity contribution < 1.29 is 28.6 Å². The molecule has 2 aromatic carbocycles. The van der Waals surface area contributed by atoms with Crippen LogP contribution in [0.25, 0.3) is 0 Å². The van der Waals surface area contributed by atoms with Crippen LogP contribution in [0.1, 0.15) is 33.8 Å². The van der Waals surface area contributed by atoms with Crippen molar-refractivity contribution in [1.82, 2.24) is 4.98 Å². The molecule has 0 aliphatic heterocycles. The fourth-order valence-electron chi connectivity index (χ4n) is 3.53. The van der Waals surface area contributed by atoms with Gasteiger partial charge in [-0.1, -0.05) is 41.4 Å². The Morgan fingerprint density at radius 3 is 2.03 bits per heavy atom. The molecule has 7 nitrogen and oxygen atoms in total. The minimum absolute atomic E-state index is 0.132. The van der Waals surface area contributed by atoms with Gasteiger partial charge in [0.2, 0.25) is 0 Å². The van der Waals surface area contributed by atoms with Crippen molar-refractivity contribution in [1.29, 1.82) is 0 Å². The first-order valence-corrected chi connectivity index (χ1v) is 11.4. The molecule has 0 saturated carbocycles. The molecule has 35 heavy (non-hydrogen) atoms. The Kier molecular flexibility index (Phi) is 9.23. The highest BCUT2D eigenvalue weighted by Gasteiger charge is 2.39. The van der Waals surface area contributed by atoms with E-state index in [9.17, 15) is 14.4 Å². The van der Waals surface area contributed by atoms with Gasteiger partial charge < -0.3 is 14.2 Å². The van der Waals surface area contributed by atoms with Crippen molar-refractivity contribution in [2.75, 3.05) is 14.2 Å². The zero-order chi connectivity index (χ0) is 25.4. The Labute approximate surface area is 212 Å². The number of aromatic nitrogens is 1. The third-order valence-corrected chi connectivity index (χ3v) is 5.86. The van der Waals surface area contributed by atoms with E-state index in [2.05, 4.69) is 4.98 Å². The van der Waals surface area contributed by atoms with E-state index in [0.717, 1.165) is 5.56 Å². The first-order chi connectivity index (χ1) is 16.8. The highest BCUT2D eigenvalue weighted by Crippen LogP contribution is 2.33. The molecule has 1 unspecified atom stereocenters. The van der Waals surface area contributed by atoms with Crippen LogP contribution in [0.15, 0.2) is 66.9 Å². The molecule has 3 aromatic rings. The molecule has 0 radical (unpaired) electrons. The summed E-state index contributed by atoms with van der Waals surface area (Å²) < 4.78 is 15.5. The second kappa shape index (κ2) is 12.3. The third-order valence-electron chi connectivity index (χ3n) is 5.39. The largest absolute Gasteiger partial charge is 0.489 e. The number of benzene rings is 2. The lowest BCUT2D eigenvalue weighted by Gasteiger charge is -2.23. The molecule has 0 aliphatic carbocycles. The van der Waals surface area contributed by atoms with Gasteiger partial charge in [0.05, 0.1) is 14.2 Å². The number of methoxy groups -OCH3 is 2. The van der Waals surface area contributed by atoms with Crippen molar-refractivity contribution in [3.8, 4) is 5.75 Å². The lowest BCUT2D eigenvalue weighted by Crippen LogP contribution is -2.33. The van der Waals surface area contributed by atoms with Crippen molar-refractivity contribution >= 4 is 40.9 Å². The van der Waals surface area contributed by atoms with Gasteiger partial charge in [-0.2, -0.15) is 0 Å². The molecule has 0 saturated heterocycles. The number of carbonyl (C=O) groups excluding carboxylic acids is 3. The second-order valence-electron chi connectivity index (χ2n) is 7.61. The molecule has 9 heteroatoms. The monoisotopic (exact) mass is 515 g/mol. The van der Waals surface area contributed by atoms with Gasteiger partial charge in [-0.3, -0.25) is 14.4 Å². The highest BCUT2D eigenvalue weighted by molar-refractivity contribution is 6.30.